The molecule has 0 unspecified atom stereocenters. The van der Waals surface area contributed by atoms with Gasteiger partial charge in [0.2, 0.25) is 0 Å². The van der Waals surface area contributed by atoms with Crippen molar-refractivity contribution in [3.63, 3.8) is 0 Å². The molecule has 5 nitrogen and oxygen atoms in total. The molecule has 0 saturated carbocycles. The summed E-state index contributed by atoms with van der Waals surface area (Å²) in [6.45, 7) is 0.0260. The van der Waals surface area contributed by atoms with Crippen LogP contribution in [0.15, 0.2) is 28.8 Å². The van der Waals surface area contributed by atoms with Crippen LogP contribution in [0.25, 0.3) is 0 Å². The van der Waals surface area contributed by atoms with Gasteiger partial charge in [0.15, 0.2) is 5.82 Å². The molecular weight excluding hydrogens is 225 g/mol. The van der Waals surface area contributed by atoms with Gasteiger partial charge in [-0.2, -0.15) is 4.98 Å². The van der Waals surface area contributed by atoms with Crippen LogP contribution in [-0.4, -0.2) is 21.8 Å². The second kappa shape index (κ2) is 5.03. The predicted octanol–water partition coefficient (Wildman–Crippen LogP) is 0.792. The molecule has 2 rings (SSSR count). The van der Waals surface area contributed by atoms with Crippen molar-refractivity contribution in [2.45, 2.75) is 12.5 Å². The van der Waals surface area contributed by atoms with E-state index in [-0.39, 0.29) is 18.3 Å². The van der Waals surface area contributed by atoms with Crippen molar-refractivity contribution in [1.82, 2.24) is 10.1 Å². The maximum atomic E-state index is 12.7. The summed E-state index contributed by atoms with van der Waals surface area (Å²) in [4.78, 5) is 4.00. The maximum absolute atomic E-state index is 12.7. The van der Waals surface area contributed by atoms with Gasteiger partial charge in [0.1, 0.15) is 11.9 Å². The topological polar surface area (TPSA) is 85.2 Å². The molecule has 2 aromatic rings. The van der Waals surface area contributed by atoms with E-state index in [1.165, 1.54) is 12.1 Å². The number of nitrogens with zero attached hydrogens (tertiary/aromatic N) is 2. The number of hydrogen-bond donors (Lipinski definition) is 2. The molecule has 6 heteroatoms. The molecule has 0 spiro atoms. The first-order chi connectivity index (χ1) is 8.19. The number of nitrogens with two attached hydrogens (primary N) is 1. The van der Waals surface area contributed by atoms with Crippen LogP contribution in [0, 0.1) is 5.82 Å². The normalized spacial score (nSPS) is 12.6. The summed E-state index contributed by atoms with van der Waals surface area (Å²) in [7, 11) is 0. The molecule has 1 heterocycles. The molecule has 0 aliphatic rings. The van der Waals surface area contributed by atoms with Crippen molar-refractivity contribution >= 4 is 0 Å². The molecule has 17 heavy (non-hydrogen) atoms. The number of hydrogen-bond acceptors (Lipinski definition) is 5. The van der Waals surface area contributed by atoms with E-state index in [4.69, 9.17) is 10.3 Å². The molecule has 1 aromatic heterocycles. The van der Waals surface area contributed by atoms with Gasteiger partial charge in [-0.3, -0.25) is 0 Å². The van der Waals surface area contributed by atoms with Crippen molar-refractivity contribution in [3.8, 4) is 0 Å². The van der Waals surface area contributed by atoms with Crippen molar-refractivity contribution in [1.29, 1.82) is 0 Å². The molecule has 3 N–H and O–H groups in total. The molecule has 0 aliphatic carbocycles. The summed E-state index contributed by atoms with van der Waals surface area (Å²) in [6.07, 6.45) is -0.523. The Hall–Kier alpha value is -1.79. The molecule has 0 amide bonds. The third-order valence-electron chi connectivity index (χ3n) is 2.27. The Morgan fingerprint density at radius 1 is 1.35 bits per heavy atom. The van der Waals surface area contributed by atoms with Gasteiger partial charge in [-0.05, 0) is 17.7 Å². The first-order valence-corrected chi connectivity index (χ1v) is 5.14. The zero-order valence-corrected chi connectivity index (χ0v) is 9.01. The Morgan fingerprint density at radius 3 is 2.71 bits per heavy atom. The highest BCUT2D eigenvalue weighted by atomic mass is 19.1. The van der Waals surface area contributed by atoms with Crippen LogP contribution in [0.5, 0.6) is 0 Å². The molecule has 0 bridgehead atoms. The minimum Gasteiger partial charge on any atom is -0.382 e. The summed E-state index contributed by atoms with van der Waals surface area (Å²) >= 11 is 0. The van der Waals surface area contributed by atoms with E-state index in [1.54, 1.807) is 12.1 Å². The van der Waals surface area contributed by atoms with E-state index in [0.717, 1.165) is 5.56 Å². The average molecular weight is 237 g/mol. The average Bonchev–Trinajstić information content (AvgIpc) is 2.80. The van der Waals surface area contributed by atoms with Crippen molar-refractivity contribution < 1.29 is 14.0 Å². The molecule has 0 aliphatic heterocycles. The maximum Gasteiger partial charge on any atom is 0.256 e. The van der Waals surface area contributed by atoms with Gasteiger partial charge >= 0.3 is 0 Å². The van der Waals surface area contributed by atoms with E-state index in [2.05, 4.69) is 10.1 Å². The standard InChI is InChI=1S/C11H12FN3O2/c12-8-3-1-7(2-4-8)5-10-14-11(17-15-10)9(16)6-13/h1-4,9,16H,5-6,13H2/t9-/m0/s1. The smallest absolute Gasteiger partial charge is 0.256 e. The minimum atomic E-state index is -0.940. The van der Waals surface area contributed by atoms with Gasteiger partial charge in [0.05, 0.1) is 0 Å². The van der Waals surface area contributed by atoms with Crippen LogP contribution in [0.2, 0.25) is 0 Å². The number of halogens is 1. The van der Waals surface area contributed by atoms with E-state index >= 15 is 0 Å². The Balaban J connectivity index is 2.08. The lowest BCUT2D eigenvalue weighted by molar-refractivity contribution is 0.141. The largest absolute Gasteiger partial charge is 0.382 e. The third kappa shape index (κ3) is 2.86. The summed E-state index contributed by atoms with van der Waals surface area (Å²) < 4.78 is 17.5. The van der Waals surface area contributed by atoms with Gasteiger partial charge in [-0.25, -0.2) is 4.39 Å². The van der Waals surface area contributed by atoms with E-state index in [9.17, 15) is 9.50 Å². The van der Waals surface area contributed by atoms with Gasteiger partial charge in [0.25, 0.3) is 5.89 Å². The van der Waals surface area contributed by atoms with Crippen LogP contribution in [0.1, 0.15) is 23.4 Å². The van der Waals surface area contributed by atoms with Gasteiger partial charge in [0, 0.05) is 13.0 Å². The quantitative estimate of drug-likeness (QED) is 0.821. The van der Waals surface area contributed by atoms with Gasteiger partial charge < -0.3 is 15.4 Å². The monoisotopic (exact) mass is 237 g/mol. The Kier molecular flexibility index (Phi) is 3.46. The van der Waals surface area contributed by atoms with E-state index in [1.807, 2.05) is 0 Å². The number of benzene rings is 1. The molecule has 1 aromatic carbocycles. The summed E-state index contributed by atoms with van der Waals surface area (Å²) in [5.41, 5.74) is 6.13. The number of aliphatic hydroxyl groups is 1. The third-order valence-corrected chi connectivity index (χ3v) is 2.27. The highest BCUT2D eigenvalue weighted by Crippen LogP contribution is 2.11. The van der Waals surface area contributed by atoms with Crippen LogP contribution in [-0.2, 0) is 6.42 Å². The lowest BCUT2D eigenvalue weighted by Gasteiger charge is -1.98. The number of rotatable bonds is 4. The van der Waals surface area contributed by atoms with Gasteiger partial charge in [-0.1, -0.05) is 17.3 Å². The van der Waals surface area contributed by atoms with Crippen LogP contribution < -0.4 is 5.73 Å². The fraction of sp³-hybridized carbons (Fsp3) is 0.273. The second-order valence-electron chi connectivity index (χ2n) is 3.60. The van der Waals surface area contributed by atoms with E-state index in [0.29, 0.717) is 12.2 Å². The molecule has 1 atom stereocenters. The number of aliphatic hydroxyl groups excluding tert-OH is 1. The Labute approximate surface area is 97.1 Å². The SMILES string of the molecule is NC[C@H](O)c1nc(Cc2ccc(F)cc2)no1. The zero-order chi connectivity index (χ0) is 12.3. The van der Waals surface area contributed by atoms with Crippen molar-refractivity contribution in [2.75, 3.05) is 6.54 Å². The lowest BCUT2D eigenvalue weighted by atomic mass is 10.1. The fourth-order valence-corrected chi connectivity index (χ4v) is 1.36. The first kappa shape index (κ1) is 11.7. The molecule has 0 saturated heterocycles. The first-order valence-electron chi connectivity index (χ1n) is 5.14. The Morgan fingerprint density at radius 2 is 2.06 bits per heavy atom. The van der Waals surface area contributed by atoms with Crippen LogP contribution in [0.4, 0.5) is 4.39 Å². The predicted molar refractivity (Wildman–Crippen MR) is 57.5 cm³/mol. The van der Waals surface area contributed by atoms with Crippen molar-refractivity contribution in [2.24, 2.45) is 5.73 Å². The number of aromatic nitrogens is 2. The minimum absolute atomic E-state index is 0.0260. The summed E-state index contributed by atoms with van der Waals surface area (Å²) in [5.74, 6) is 0.241. The molecule has 0 radical (unpaired) electrons. The van der Waals surface area contributed by atoms with Crippen LogP contribution in [0.3, 0.4) is 0 Å². The summed E-state index contributed by atoms with van der Waals surface area (Å²) in [6, 6.07) is 6.02. The fourth-order valence-electron chi connectivity index (χ4n) is 1.36. The molecule has 90 valence electrons. The Bertz CT molecular complexity index is 484. The molecule has 0 fully saturated rings. The van der Waals surface area contributed by atoms with Crippen molar-refractivity contribution in [3.05, 3.63) is 47.4 Å². The summed E-state index contributed by atoms with van der Waals surface area (Å²) in [5, 5.41) is 13.1. The zero-order valence-electron chi connectivity index (χ0n) is 9.01. The highest BCUT2D eigenvalue weighted by Gasteiger charge is 2.14. The van der Waals surface area contributed by atoms with Gasteiger partial charge in [-0.15, -0.1) is 0 Å². The highest BCUT2D eigenvalue weighted by molar-refractivity contribution is 5.19. The molecular formula is C11H12FN3O2. The second-order valence-corrected chi connectivity index (χ2v) is 3.60. The van der Waals surface area contributed by atoms with E-state index < -0.39 is 6.10 Å². The van der Waals surface area contributed by atoms with Crippen LogP contribution >= 0.6 is 0 Å². The lowest BCUT2D eigenvalue weighted by Crippen LogP contribution is -2.11.